The third kappa shape index (κ3) is 3.74. The molecule has 2 N–H and O–H groups in total. The molecule has 0 bridgehead atoms. The van der Waals surface area contributed by atoms with Crippen LogP contribution in [0.4, 0.5) is 11.9 Å². The van der Waals surface area contributed by atoms with E-state index in [1.807, 2.05) is 48.5 Å². The zero-order valence-electron chi connectivity index (χ0n) is 15.0. The maximum Gasteiger partial charge on any atom is 0.250 e. The smallest absolute Gasteiger partial charge is 0.250 e. The number of hydrogen-bond donors (Lipinski definition) is 2. The number of anilines is 2. The van der Waals surface area contributed by atoms with Crippen molar-refractivity contribution >= 4 is 46.7 Å². The fraction of sp³-hybridized carbons (Fsp3) is 0.150. The highest BCUT2D eigenvalue weighted by Crippen LogP contribution is 2.33. The van der Waals surface area contributed by atoms with E-state index in [-0.39, 0.29) is 17.9 Å². The van der Waals surface area contributed by atoms with E-state index in [0.29, 0.717) is 22.4 Å². The third-order valence-corrected chi connectivity index (χ3v) is 4.91. The topological polar surface area (TPSA) is 71.8 Å². The quantitative estimate of drug-likeness (QED) is 0.631. The highest BCUT2D eigenvalue weighted by atomic mass is 35.5. The van der Waals surface area contributed by atoms with Gasteiger partial charge in [-0.15, -0.1) is 5.10 Å². The number of rotatable bonds is 4. The predicted molar refractivity (Wildman–Crippen MR) is 112 cm³/mol. The molecule has 28 heavy (non-hydrogen) atoms. The van der Waals surface area contributed by atoms with Crippen LogP contribution in [0.1, 0.15) is 30.5 Å². The number of hydrogen-bond acceptors (Lipinski definition) is 4. The Hall–Kier alpha value is -2.83. The molecule has 0 radical (unpaired) electrons. The van der Waals surface area contributed by atoms with Gasteiger partial charge in [0.2, 0.25) is 11.9 Å². The van der Waals surface area contributed by atoms with Crippen molar-refractivity contribution in [3.8, 4) is 0 Å². The van der Waals surface area contributed by atoms with E-state index in [1.54, 1.807) is 11.6 Å². The van der Waals surface area contributed by atoms with Crippen molar-refractivity contribution in [2.24, 2.45) is 0 Å². The summed E-state index contributed by atoms with van der Waals surface area (Å²) in [6.45, 7) is 1.78. The molecule has 4 rings (SSSR count). The Labute approximate surface area is 172 Å². The normalized spacial score (nSPS) is 15.4. The van der Waals surface area contributed by atoms with Gasteiger partial charge in [-0.2, -0.15) is 4.98 Å². The first-order valence-corrected chi connectivity index (χ1v) is 9.55. The number of amides is 1. The highest BCUT2D eigenvalue weighted by Gasteiger charge is 2.25. The first kappa shape index (κ1) is 18.5. The molecule has 1 aliphatic heterocycles. The summed E-state index contributed by atoms with van der Waals surface area (Å²) < 4.78 is 1.74. The van der Waals surface area contributed by atoms with Gasteiger partial charge in [-0.3, -0.25) is 10.1 Å². The van der Waals surface area contributed by atoms with E-state index in [1.165, 1.54) is 0 Å². The number of allylic oxidation sites excluding steroid dienone is 1. The summed E-state index contributed by atoms with van der Waals surface area (Å²) in [5, 5.41) is 11.8. The van der Waals surface area contributed by atoms with Crippen LogP contribution in [0.3, 0.4) is 0 Å². The van der Waals surface area contributed by atoms with Gasteiger partial charge in [0.1, 0.15) is 6.04 Å². The van der Waals surface area contributed by atoms with Gasteiger partial charge in [-0.1, -0.05) is 54.4 Å². The maximum absolute atomic E-state index is 11.7. The lowest BCUT2D eigenvalue weighted by atomic mass is 10.0. The van der Waals surface area contributed by atoms with E-state index in [0.717, 1.165) is 16.8 Å². The van der Waals surface area contributed by atoms with Crippen molar-refractivity contribution in [2.45, 2.75) is 19.4 Å². The van der Waals surface area contributed by atoms with Crippen molar-refractivity contribution in [3.05, 3.63) is 75.8 Å². The fourth-order valence-corrected chi connectivity index (χ4v) is 3.21. The molecule has 0 saturated carbocycles. The minimum Gasteiger partial charge on any atom is -0.324 e. The standard InChI is InChI=1S/C20H17Cl2N5O/c1-2-18(28)24-19-25-20-23-16(12-3-7-14(21)8-4-12)11-17(27(20)26-19)13-5-9-15(22)10-6-13/h3-11,17H,2H2,1H3,(H2,23,24,25,26,28)/t17-/m0/s1. The van der Waals surface area contributed by atoms with Crippen molar-refractivity contribution in [2.75, 3.05) is 10.6 Å². The van der Waals surface area contributed by atoms with Crippen molar-refractivity contribution in [1.82, 2.24) is 14.8 Å². The number of nitrogens with one attached hydrogen (secondary N) is 2. The summed E-state index contributed by atoms with van der Waals surface area (Å²) in [6.07, 6.45) is 2.41. The maximum atomic E-state index is 11.7. The molecule has 3 aromatic rings. The van der Waals surface area contributed by atoms with E-state index in [4.69, 9.17) is 23.2 Å². The lowest BCUT2D eigenvalue weighted by Crippen LogP contribution is -2.20. The van der Waals surface area contributed by atoms with Crippen LogP contribution in [0.25, 0.3) is 5.70 Å². The minimum atomic E-state index is -0.209. The predicted octanol–water partition coefficient (Wildman–Crippen LogP) is 4.99. The zero-order valence-corrected chi connectivity index (χ0v) is 16.5. The van der Waals surface area contributed by atoms with Crippen molar-refractivity contribution < 1.29 is 4.79 Å². The summed E-state index contributed by atoms with van der Waals surface area (Å²) in [5.41, 5.74) is 2.85. The number of carbonyl (C=O) groups is 1. The van der Waals surface area contributed by atoms with Crippen molar-refractivity contribution in [3.63, 3.8) is 0 Å². The molecule has 142 valence electrons. The molecular formula is C20H17Cl2N5O. The number of benzene rings is 2. The Kier molecular flexibility index (Phi) is 5.07. The molecule has 0 spiro atoms. The van der Waals surface area contributed by atoms with E-state index in [2.05, 4.69) is 26.8 Å². The van der Waals surface area contributed by atoms with E-state index < -0.39 is 0 Å². The Bertz CT molecular complexity index is 1040. The van der Waals surface area contributed by atoms with Gasteiger partial charge in [0, 0.05) is 22.2 Å². The molecule has 0 fully saturated rings. The van der Waals surface area contributed by atoms with Gasteiger partial charge >= 0.3 is 0 Å². The minimum absolute atomic E-state index is 0.142. The fourth-order valence-electron chi connectivity index (χ4n) is 2.95. The number of carbonyl (C=O) groups excluding carboxylic acids is 1. The second kappa shape index (κ2) is 7.66. The van der Waals surface area contributed by atoms with Gasteiger partial charge in [-0.05, 0) is 41.5 Å². The van der Waals surface area contributed by atoms with Gasteiger partial charge in [0.05, 0.1) is 0 Å². The first-order chi connectivity index (χ1) is 13.5. The molecular weight excluding hydrogens is 397 g/mol. The van der Waals surface area contributed by atoms with Crippen molar-refractivity contribution in [1.29, 1.82) is 0 Å². The Morgan fingerprint density at radius 1 is 1.11 bits per heavy atom. The van der Waals surface area contributed by atoms with Crippen LogP contribution in [-0.4, -0.2) is 20.7 Å². The molecule has 0 unspecified atom stereocenters. The second-order valence-electron chi connectivity index (χ2n) is 6.31. The monoisotopic (exact) mass is 413 g/mol. The zero-order chi connectivity index (χ0) is 19.7. The van der Waals surface area contributed by atoms with E-state index in [9.17, 15) is 4.79 Å². The number of fused-ring (bicyclic) bond motifs is 1. The van der Waals surface area contributed by atoms with Gasteiger partial charge < -0.3 is 5.32 Å². The van der Waals surface area contributed by atoms with Crippen LogP contribution >= 0.6 is 23.2 Å². The number of halogens is 2. The van der Waals surface area contributed by atoms with Crippen LogP contribution in [0.5, 0.6) is 0 Å². The molecule has 0 saturated heterocycles. The summed E-state index contributed by atoms with van der Waals surface area (Å²) in [4.78, 5) is 16.2. The number of aromatic nitrogens is 3. The molecule has 2 heterocycles. The number of nitrogens with zero attached hydrogens (tertiary/aromatic N) is 3. The molecule has 6 nitrogen and oxygen atoms in total. The SMILES string of the molecule is CCC(=O)Nc1nc2n(n1)[C@H](c1ccc(Cl)cc1)C=C(c1ccc(Cl)cc1)N2. The summed E-state index contributed by atoms with van der Waals surface area (Å²) in [5.74, 6) is 0.662. The molecule has 2 aromatic carbocycles. The Morgan fingerprint density at radius 3 is 2.39 bits per heavy atom. The van der Waals surface area contributed by atoms with Crippen LogP contribution in [0.15, 0.2) is 54.6 Å². The van der Waals surface area contributed by atoms with Gasteiger partial charge in [0.15, 0.2) is 0 Å². The highest BCUT2D eigenvalue weighted by molar-refractivity contribution is 6.30. The third-order valence-electron chi connectivity index (χ3n) is 4.40. The lowest BCUT2D eigenvalue weighted by Gasteiger charge is -2.24. The van der Waals surface area contributed by atoms with Crippen LogP contribution < -0.4 is 10.6 Å². The average Bonchev–Trinajstić information content (AvgIpc) is 3.10. The molecule has 1 aromatic heterocycles. The lowest BCUT2D eigenvalue weighted by molar-refractivity contribution is -0.115. The summed E-state index contributed by atoms with van der Waals surface area (Å²) in [7, 11) is 0. The van der Waals surface area contributed by atoms with Gasteiger partial charge in [-0.25, -0.2) is 4.68 Å². The molecule has 8 heteroatoms. The molecule has 1 aliphatic rings. The van der Waals surface area contributed by atoms with Crippen LogP contribution in [0.2, 0.25) is 10.0 Å². The van der Waals surface area contributed by atoms with E-state index >= 15 is 0 Å². The first-order valence-electron chi connectivity index (χ1n) is 8.80. The molecule has 1 amide bonds. The Morgan fingerprint density at radius 2 is 1.75 bits per heavy atom. The second-order valence-corrected chi connectivity index (χ2v) is 7.19. The summed E-state index contributed by atoms with van der Waals surface area (Å²) >= 11 is 12.1. The Balaban J connectivity index is 1.77. The largest absolute Gasteiger partial charge is 0.324 e. The van der Waals surface area contributed by atoms with Crippen LogP contribution in [0, 0.1) is 0 Å². The van der Waals surface area contributed by atoms with Gasteiger partial charge in [0.25, 0.3) is 5.95 Å². The average molecular weight is 414 g/mol. The summed E-state index contributed by atoms with van der Waals surface area (Å²) in [6, 6.07) is 14.9. The molecule has 0 aliphatic carbocycles. The van der Waals surface area contributed by atoms with Crippen LogP contribution in [-0.2, 0) is 4.79 Å². The molecule has 1 atom stereocenters.